The van der Waals surface area contributed by atoms with Crippen LogP contribution < -0.4 is 5.32 Å². The van der Waals surface area contributed by atoms with Crippen LogP contribution in [0.5, 0.6) is 0 Å². The number of amides is 1. The summed E-state index contributed by atoms with van der Waals surface area (Å²) in [5.74, 6) is -1.31. The normalized spacial score (nSPS) is 19.9. The van der Waals surface area contributed by atoms with E-state index in [4.69, 9.17) is 4.74 Å². The molecule has 1 amide bonds. The Kier molecular flexibility index (Phi) is 9.13. The van der Waals surface area contributed by atoms with Gasteiger partial charge in [-0.2, -0.15) is 0 Å². The third-order valence-corrected chi connectivity index (χ3v) is 7.65. The highest BCUT2D eigenvalue weighted by Gasteiger charge is 2.36. The molecule has 2 unspecified atom stereocenters. The molecule has 3 atom stereocenters. The molecule has 0 radical (unpaired) electrons. The van der Waals surface area contributed by atoms with Gasteiger partial charge in [0.25, 0.3) is 0 Å². The highest BCUT2D eigenvalue weighted by atomic mass is 32.2. The van der Waals surface area contributed by atoms with E-state index in [1.165, 1.54) is 4.90 Å². The van der Waals surface area contributed by atoms with Gasteiger partial charge in [-0.15, -0.1) is 23.1 Å². The van der Waals surface area contributed by atoms with Gasteiger partial charge < -0.3 is 14.7 Å². The van der Waals surface area contributed by atoms with E-state index in [1.54, 1.807) is 30.0 Å². The average Bonchev–Trinajstić information content (AvgIpc) is 3.27. The molecular weight excluding hydrogens is 448 g/mol. The van der Waals surface area contributed by atoms with E-state index >= 15 is 0 Å². The van der Waals surface area contributed by atoms with Crippen LogP contribution in [0, 0.1) is 0 Å². The monoisotopic (exact) mass is 476 g/mol. The molecule has 3 rings (SSSR count). The number of carbonyl (C=O) groups is 3. The molecule has 1 aliphatic rings. The number of thioether (sulfide) groups is 1. The summed E-state index contributed by atoms with van der Waals surface area (Å²) >= 11 is 3.20. The number of aryl methyl sites for hydroxylation is 1. The molecule has 172 valence electrons. The van der Waals surface area contributed by atoms with E-state index in [-0.39, 0.29) is 24.3 Å². The van der Waals surface area contributed by atoms with E-state index in [0.29, 0.717) is 25.1 Å². The summed E-state index contributed by atoms with van der Waals surface area (Å²) in [6.07, 6.45) is 1.13. The van der Waals surface area contributed by atoms with Gasteiger partial charge in [-0.1, -0.05) is 36.4 Å². The zero-order chi connectivity index (χ0) is 22.9. The van der Waals surface area contributed by atoms with Gasteiger partial charge in [0, 0.05) is 17.2 Å². The number of esters is 1. The maximum atomic E-state index is 13.2. The number of ether oxygens (including phenoxy) is 1. The molecular formula is C23H28N2O5S2. The molecule has 2 N–H and O–H groups in total. The van der Waals surface area contributed by atoms with Crippen molar-refractivity contribution in [2.24, 2.45) is 0 Å². The van der Waals surface area contributed by atoms with Crippen molar-refractivity contribution in [3.8, 4) is 0 Å². The minimum Gasteiger partial charge on any atom is -0.480 e. The van der Waals surface area contributed by atoms with Gasteiger partial charge in [-0.25, -0.2) is 0 Å². The minimum atomic E-state index is -1.06. The van der Waals surface area contributed by atoms with E-state index in [1.807, 2.05) is 47.8 Å². The molecule has 1 aromatic heterocycles. The Hall–Kier alpha value is -2.36. The van der Waals surface area contributed by atoms with E-state index in [0.717, 1.165) is 10.4 Å². The molecule has 7 nitrogen and oxygen atoms in total. The van der Waals surface area contributed by atoms with Crippen LogP contribution in [0.2, 0.25) is 0 Å². The van der Waals surface area contributed by atoms with Crippen molar-refractivity contribution in [1.29, 1.82) is 0 Å². The summed E-state index contributed by atoms with van der Waals surface area (Å²) in [4.78, 5) is 39.7. The molecule has 2 aromatic rings. The molecule has 0 spiro atoms. The largest absolute Gasteiger partial charge is 0.480 e. The molecule has 2 heterocycles. The first-order chi connectivity index (χ1) is 15.5. The summed E-state index contributed by atoms with van der Waals surface area (Å²) in [5.41, 5.74) is 1.09. The van der Waals surface area contributed by atoms with Gasteiger partial charge in [-0.3, -0.25) is 19.7 Å². The lowest BCUT2D eigenvalue weighted by Crippen LogP contribution is -2.53. The number of benzene rings is 1. The Morgan fingerprint density at radius 1 is 1.25 bits per heavy atom. The molecule has 32 heavy (non-hydrogen) atoms. The fraction of sp³-hybridized carbons (Fsp3) is 0.435. The Bertz CT molecular complexity index is 891. The first-order valence-corrected chi connectivity index (χ1v) is 12.5. The first kappa shape index (κ1) is 24.3. The minimum absolute atomic E-state index is 0.00420. The fourth-order valence-corrected chi connectivity index (χ4v) is 5.89. The number of nitrogens with zero attached hydrogens (tertiary/aromatic N) is 1. The first-order valence-electron chi connectivity index (χ1n) is 10.6. The SMILES string of the molecule is CCOC(=O)C(CCc1ccccc1)NC1CS[C@H](c2cccs2)CN(CC(=O)O)C1=O. The quantitative estimate of drug-likeness (QED) is 0.509. The zero-order valence-electron chi connectivity index (χ0n) is 17.9. The zero-order valence-corrected chi connectivity index (χ0v) is 19.6. The molecule has 9 heteroatoms. The lowest BCUT2D eigenvalue weighted by atomic mass is 10.0. The Labute approximate surface area is 196 Å². The van der Waals surface area contributed by atoms with Crippen molar-refractivity contribution in [3.05, 3.63) is 58.3 Å². The maximum Gasteiger partial charge on any atom is 0.323 e. The average molecular weight is 477 g/mol. The third kappa shape index (κ3) is 6.82. The van der Waals surface area contributed by atoms with Crippen molar-refractivity contribution < 1.29 is 24.2 Å². The molecule has 0 saturated carbocycles. The van der Waals surface area contributed by atoms with Gasteiger partial charge in [0.15, 0.2) is 0 Å². The van der Waals surface area contributed by atoms with E-state index < -0.39 is 24.0 Å². The van der Waals surface area contributed by atoms with Crippen molar-refractivity contribution in [1.82, 2.24) is 10.2 Å². The number of hydrogen-bond donors (Lipinski definition) is 2. The summed E-state index contributed by atoms with van der Waals surface area (Å²) in [6, 6.07) is 12.4. The number of nitrogens with one attached hydrogen (secondary N) is 1. The predicted molar refractivity (Wildman–Crippen MR) is 126 cm³/mol. The lowest BCUT2D eigenvalue weighted by molar-refractivity contribution is -0.148. The van der Waals surface area contributed by atoms with Crippen molar-refractivity contribution in [3.63, 3.8) is 0 Å². The molecule has 1 aromatic carbocycles. The van der Waals surface area contributed by atoms with Crippen molar-refractivity contribution in [2.45, 2.75) is 37.1 Å². The van der Waals surface area contributed by atoms with Gasteiger partial charge in [0.1, 0.15) is 12.6 Å². The smallest absolute Gasteiger partial charge is 0.323 e. The summed E-state index contributed by atoms with van der Waals surface area (Å²) < 4.78 is 5.25. The van der Waals surface area contributed by atoms with E-state index in [9.17, 15) is 19.5 Å². The number of carbonyl (C=O) groups excluding carboxylic acids is 2. The van der Waals surface area contributed by atoms with Crippen LogP contribution >= 0.6 is 23.1 Å². The number of hydrogen-bond acceptors (Lipinski definition) is 7. The second kappa shape index (κ2) is 12.0. The van der Waals surface area contributed by atoms with Crippen LogP contribution in [0.3, 0.4) is 0 Å². The Morgan fingerprint density at radius 3 is 2.69 bits per heavy atom. The number of rotatable bonds is 10. The molecule has 1 aliphatic heterocycles. The van der Waals surface area contributed by atoms with E-state index in [2.05, 4.69) is 5.32 Å². The van der Waals surface area contributed by atoms with Crippen LogP contribution in [0.1, 0.15) is 29.0 Å². The molecule has 0 bridgehead atoms. The number of carboxylic acid groups (broad SMARTS) is 1. The summed E-state index contributed by atoms with van der Waals surface area (Å²) in [6.45, 7) is 1.95. The highest BCUT2D eigenvalue weighted by Crippen LogP contribution is 2.35. The highest BCUT2D eigenvalue weighted by molar-refractivity contribution is 7.99. The van der Waals surface area contributed by atoms with Crippen LogP contribution in [-0.4, -0.2) is 65.4 Å². The third-order valence-electron chi connectivity index (χ3n) is 5.18. The molecule has 1 saturated heterocycles. The van der Waals surface area contributed by atoms with Gasteiger partial charge in [-0.05, 0) is 36.8 Å². The van der Waals surface area contributed by atoms with Gasteiger partial charge in [0.2, 0.25) is 5.91 Å². The topological polar surface area (TPSA) is 95.9 Å². The van der Waals surface area contributed by atoms with Gasteiger partial charge in [0.05, 0.1) is 17.9 Å². The maximum absolute atomic E-state index is 13.2. The lowest BCUT2D eigenvalue weighted by Gasteiger charge is -2.26. The van der Waals surface area contributed by atoms with Crippen LogP contribution in [0.25, 0.3) is 0 Å². The second-order valence-electron chi connectivity index (χ2n) is 7.50. The summed E-state index contributed by atoms with van der Waals surface area (Å²) in [5, 5.41) is 14.5. The van der Waals surface area contributed by atoms with Crippen molar-refractivity contribution in [2.75, 3.05) is 25.4 Å². The summed E-state index contributed by atoms with van der Waals surface area (Å²) in [7, 11) is 0. The Balaban J connectivity index is 1.75. The van der Waals surface area contributed by atoms with Crippen LogP contribution in [0.4, 0.5) is 0 Å². The van der Waals surface area contributed by atoms with Crippen LogP contribution in [0.15, 0.2) is 47.8 Å². The number of aliphatic carboxylic acids is 1. The Morgan fingerprint density at radius 2 is 2.03 bits per heavy atom. The van der Waals surface area contributed by atoms with Crippen molar-refractivity contribution >= 4 is 40.9 Å². The second-order valence-corrected chi connectivity index (χ2v) is 9.71. The van der Waals surface area contributed by atoms with Gasteiger partial charge >= 0.3 is 11.9 Å². The predicted octanol–water partition coefficient (Wildman–Crippen LogP) is 2.97. The fourth-order valence-electron chi connectivity index (χ4n) is 3.63. The molecule has 1 fully saturated rings. The van der Waals surface area contributed by atoms with Crippen LogP contribution in [-0.2, 0) is 25.5 Å². The number of thiophene rings is 1. The molecule has 0 aliphatic carbocycles. The standard InChI is InChI=1S/C23H28N2O5S2/c1-2-30-23(29)17(11-10-16-7-4-3-5-8-16)24-18-15-32-20(19-9-6-12-31-19)13-25(22(18)28)14-21(26)27/h3-9,12,17-18,20,24H,2,10-11,13-15H2,1H3,(H,26,27)/t17?,18?,20-/m0/s1. The number of carboxylic acids is 1.